The third kappa shape index (κ3) is 6.22. The van der Waals surface area contributed by atoms with E-state index in [0.717, 1.165) is 52.1 Å². The van der Waals surface area contributed by atoms with E-state index in [4.69, 9.17) is 16.3 Å². The Morgan fingerprint density at radius 3 is 2.22 bits per heavy atom. The van der Waals surface area contributed by atoms with Gasteiger partial charge in [0.15, 0.2) is 5.75 Å². The molecular formula is C24H29ClN4O3. The number of likely N-dealkylation sites (tertiary alicyclic amines) is 1. The smallest absolute Gasteiger partial charge is 0.238 e. The van der Waals surface area contributed by atoms with E-state index >= 15 is 0 Å². The molecule has 1 N–H and O–H groups in total. The molecule has 0 aromatic heterocycles. The quantitative estimate of drug-likeness (QED) is 0.692. The summed E-state index contributed by atoms with van der Waals surface area (Å²) in [6, 6.07) is 14.6. The van der Waals surface area contributed by atoms with E-state index < -0.39 is 0 Å². The van der Waals surface area contributed by atoms with Crippen molar-refractivity contribution in [1.82, 2.24) is 14.7 Å². The summed E-state index contributed by atoms with van der Waals surface area (Å²) in [7, 11) is 0. The molecule has 0 unspecified atom stereocenters. The number of halogens is 1. The van der Waals surface area contributed by atoms with Crippen LogP contribution >= 0.6 is 11.6 Å². The SMILES string of the molecule is O=C(CN1CCN(CC(=O)N2CCCC2)CC1)Nc1cc(Cl)ccc1Oc1ccccc1. The van der Waals surface area contributed by atoms with E-state index in [1.165, 1.54) is 0 Å². The maximum Gasteiger partial charge on any atom is 0.238 e. The maximum atomic E-state index is 12.7. The first-order valence-electron chi connectivity index (χ1n) is 11.1. The zero-order chi connectivity index (χ0) is 22.3. The van der Waals surface area contributed by atoms with E-state index in [1.807, 2.05) is 35.2 Å². The summed E-state index contributed by atoms with van der Waals surface area (Å²) in [5.74, 6) is 1.33. The first-order valence-corrected chi connectivity index (χ1v) is 11.5. The summed E-state index contributed by atoms with van der Waals surface area (Å²) in [5.41, 5.74) is 0.543. The van der Waals surface area contributed by atoms with Crippen molar-refractivity contribution in [2.24, 2.45) is 0 Å². The number of ether oxygens (including phenoxy) is 1. The molecule has 2 aliphatic heterocycles. The number of rotatable bonds is 7. The Morgan fingerprint density at radius 2 is 1.53 bits per heavy atom. The lowest BCUT2D eigenvalue weighted by molar-refractivity contribution is -0.132. The van der Waals surface area contributed by atoms with Gasteiger partial charge in [-0.1, -0.05) is 29.8 Å². The van der Waals surface area contributed by atoms with Crippen molar-refractivity contribution in [3.63, 3.8) is 0 Å². The summed E-state index contributed by atoms with van der Waals surface area (Å²) in [6.45, 7) is 5.61. The molecule has 2 aromatic rings. The highest BCUT2D eigenvalue weighted by Crippen LogP contribution is 2.32. The molecule has 170 valence electrons. The fraction of sp³-hybridized carbons (Fsp3) is 0.417. The van der Waals surface area contributed by atoms with Crippen LogP contribution in [0.4, 0.5) is 5.69 Å². The summed E-state index contributed by atoms with van der Waals surface area (Å²) in [6.07, 6.45) is 2.22. The minimum atomic E-state index is -0.119. The Morgan fingerprint density at radius 1 is 0.875 bits per heavy atom. The van der Waals surface area contributed by atoms with Crippen molar-refractivity contribution in [2.45, 2.75) is 12.8 Å². The van der Waals surface area contributed by atoms with E-state index in [1.54, 1.807) is 18.2 Å². The van der Waals surface area contributed by atoms with Crippen LogP contribution in [0.5, 0.6) is 11.5 Å². The predicted molar refractivity (Wildman–Crippen MR) is 125 cm³/mol. The fourth-order valence-electron chi connectivity index (χ4n) is 4.06. The summed E-state index contributed by atoms with van der Waals surface area (Å²) < 4.78 is 5.92. The number of hydrogen-bond donors (Lipinski definition) is 1. The lowest BCUT2D eigenvalue weighted by Gasteiger charge is -2.34. The summed E-state index contributed by atoms with van der Waals surface area (Å²) in [5, 5.41) is 3.46. The van der Waals surface area contributed by atoms with Gasteiger partial charge in [0.1, 0.15) is 5.75 Å². The van der Waals surface area contributed by atoms with Crippen LogP contribution in [0.2, 0.25) is 5.02 Å². The van der Waals surface area contributed by atoms with E-state index in [9.17, 15) is 9.59 Å². The number of para-hydroxylation sites is 1. The molecule has 0 radical (unpaired) electrons. The second-order valence-electron chi connectivity index (χ2n) is 8.24. The molecular weight excluding hydrogens is 428 g/mol. The van der Waals surface area contributed by atoms with Gasteiger partial charge in [-0.15, -0.1) is 0 Å². The van der Waals surface area contributed by atoms with Gasteiger partial charge in [-0.25, -0.2) is 0 Å². The molecule has 2 heterocycles. The third-order valence-corrected chi connectivity index (χ3v) is 6.07. The topological polar surface area (TPSA) is 65.1 Å². The Kier molecular flexibility index (Phi) is 7.63. The average Bonchev–Trinajstić information content (AvgIpc) is 3.33. The average molecular weight is 457 g/mol. The van der Waals surface area contributed by atoms with Gasteiger partial charge in [-0.3, -0.25) is 19.4 Å². The molecule has 0 atom stereocenters. The molecule has 2 amide bonds. The normalized spacial score (nSPS) is 17.3. The number of amides is 2. The number of hydrogen-bond acceptors (Lipinski definition) is 5. The molecule has 8 heteroatoms. The molecule has 2 saturated heterocycles. The number of nitrogens with one attached hydrogen (secondary N) is 1. The van der Waals surface area contributed by atoms with Crippen LogP contribution in [0.1, 0.15) is 12.8 Å². The highest BCUT2D eigenvalue weighted by Gasteiger charge is 2.24. The number of benzene rings is 2. The van der Waals surface area contributed by atoms with Crippen LogP contribution in [0.25, 0.3) is 0 Å². The van der Waals surface area contributed by atoms with Crippen molar-refractivity contribution < 1.29 is 14.3 Å². The largest absolute Gasteiger partial charge is 0.455 e. The number of anilines is 1. The van der Waals surface area contributed by atoms with Gasteiger partial charge in [0.2, 0.25) is 11.8 Å². The lowest BCUT2D eigenvalue weighted by Crippen LogP contribution is -2.51. The van der Waals surface area contributed by atoms with E-state index in [0.29, 0.717) is 28.8 Å². The number of piperazine rings is 1. The molecule has 2 aromatic carbocycles. The van der Waals surface area contributed by atoms with E-state index in [-0.39, 0.29) is 18.4 Å². The van der Waals surface area contributed by atoms with Gasteiger partial charge >= 0.3 is 0 Å². The molecule has 2 fully saturated rings. The third-order valence-electron chi connectivity index (χ3n) is 5.84. The zero-order valence-corrected chi connectivity index (χ0v) is 18.9. The molecule has 2 aliphatic rings. The Balaban J connectivity index is 1.27. The van der Waals surface area contributed by atoms with Crippen molar-refractivity contribution >= 4 is 29.1 Å². The molecule has 0 aliphatic carbocycles. The predicted octanol–water partition coefficient (Wildman–Crippen LogP) is 3.31. The van der Waals surface area contributed by atoms with E-state index in [2.05, 4.69) is 15.1 Å². The molecule has 32 heavy (non-hydrogen) atoms. The number of nitrogens with zero attached hydrogens (tertiary/aromatic N) is 3. The Bertz CT molecular complexity index is 926. The fourth-order valence-corrected chi connectivity index (χ4v) is 4.23. The standard InChI is InChI=1S/C24H29ClN4O3/c25-19-8-9-22(32-20-6-2-1-3-7-20)21(16-19)26-23(30)17-27-12-14-28(15-13-27)18-24(31)29-10-4-5-11-29/h1-3,6-9,16H,4-5,10-15,17-18H2,(H,26,30). The highest BCUT2D eigenvalue weighted by atomic mass is 35.5. The van der Waals surface area contributed by atoms with Crippen LogP contribution in [0.15, 0.2) is 48.5 Å². The van der Waals surface area contributed by atoms with Crippen LogP contribution in [-0.2, 0) is 9.59 Å². The van der Waals surface area contributed by atoms with Crippen LogP contribution < -0.4 is 10.1 Å². The van der Waals surface area contributed by atoms with Gasteiger partial charge in [-0.05, 0) is 43.2 Å². The minimum Gasteiger partial charge on any atom is -0.455 e. The van der Waals surface area contributed by atoms with Crippen molar-refractivity contribution in [3.8, 4) is 11.5 Å². The van der Waals surface area contributed by atoms with Gasteiger partial charge in [0.05, 0.1) is 18.8 Å². The van der Waals surface area contributed by atoms with Crippen molar-refractivity contribution in [2.75, 3.05) is 57.7 Å². The first kappa shape index (κ1) is 22.6. The first-order chi connectivity index (χ1) is 15.6. The van der Waals surface area contributed by atoms with Gasteiger partial charge < -0.3 is 15.0 Å². The Hall–Kier alpha value is -2.61. The number of carbonyl (C=O) groups excluding carboxylic acids is 2. The second-order valence-corrected chi connectivity index (χ2v) is 8.68. The molecule has 4 rings (SSSR count). The molecule has 0 spiro atoms. The van der Waals surface area contributed by atoms with Crippen molar-refractivity contribution in [3.05, 3.63) is 53.6 Å². The van der Waals surface area contributed by atoms with Crippen LogP contribution in [0, 0.1) is 0 Å². The maximum absolute atomic E-state index is 12.7. The molecule has 7 nitrogen and oxygen atoms in total. The van der Waals surface area contributed by atoms with Crippen molar-refractivity contribution in [1.29, 1.82) is 0 Å². The highest BCUT2D eigenvalue weighted by molar-refractivity contribution is 6.31. The monoisotopic (exact) mass is 456 g/mol. The van der Waals surface area contributed by atoms with Gasteiger partial charge in [0.25, 0.3) is 0 Å². The lowest BCUT2D eigenvalue weighted by atomic mass is 10.2. The molecule has 0 saturated carbocycles. The van der Waals surface area contributed by atoms with Crippen LogP contribution in [0.3, 0.4) is 0 Å². The van der Waals surface area contributed by atoms with Crippen LogP contribution in [-0.4, -0.2) is 78.9 Å². The summed E-state index contributed by atoms with van der Waals surface area (Å²) in [4.78, 5) is 31.3. The second kappa shape index (κ2) is 10.8. The molecule has 0 bridgehead atoms. The van der Waals surface area contributed by atoms with Gasteiger partial charge in [-0.2, -0.15) is 0 Å². The summed E-state index contributed by atoms with van der Waals surface area (Å²) >= 11 is 6.15. The zero-order valence-electron chi connectivity index (χ0n) is 18.1. The van der Waals surface area contributed by atoms with Gasteiger partial charge in [0, 0.05) is 44.3 Å². The number of carbonyl (C=O) groups is 2. The Labute approximate surface area is 193 Å². The minimum absolute atomic E-state index is 0.119.